The highest BCUT2D eigenvalue weighted by Crippen LogP contribution is 2.31. The van der Waals surface area contributed by atoms with Crippen molar-refractivity contribution in [3.8, 4) is 0 Å². The standard InChI is InChI=1S/C17H21F3N6/c1-24(2)15-11-14(17(18,19)20)22-16(23-15)26-9-7-25(8-10-26)12-13-3-5-21-6-4-13/h3-6,11H,7-10,12H2,1-2H3. The van der Waals surface area contributed by atoms with E-state index >= 15 is 0 Å². The van der Waals surface area contributed by atoms with Gasteiger partial charge in [-0.15, -0.1) is 0 Å². The molecular weight excluding hydrogens is 345 g/mol. The summed E-state index contributed by atoms with van der Waals surface area (Å²) >= 11 is 0. The maximum Gasteiger partial charge on any atom is 0.433 e. The number of alkyl halides is 3. The van der Waals surface area contributed by atoms with Gasteiger partial charge in [-0.25, -0.2) is 4.98 Å². The van der Waals surface area contributed by atoms with Gasteiger partial charge in [-0.1, -0.05) is 0 Å². The Morgan fingerprint density at radius 3 is 2.27 bits per heavy atom. The number of anilines is 2. The summed E-state index contributed by atoms with van der Waals surface area (Å²) in [5, 5.41) is 0. The fourth-order valence-electron chi connectivity index (χ4n) is 2.79. The summed E-state index contributed by atoms with van der Waals surface area (Å²) in [6.45, 7) is 3.43. The molecule has 140 valence electrons. The molecule has 0 bridgehead atoms. The lowest BCUT2D eigenvalue weighted by Crippen LogP contribution is -2.46. The molecule has 0 spiro atoms. The van der Waals surface area contributed by atoms with Crippen molar-refractivity contribution in [2.45, 2.75) is 12.7 Å². The first-order valence-corrected chi connectivity index (χ1v) is 8.33. The molecule has 0 aromatic carbocycles. The molecule has 0 amide bonds. The van der Waals surface area contributed by atoms with Crippen molar-refractivity contribution in [3.63, 3.8) is 0 Å². The van der Waals surface area contributed by atoms with Crippen LogP contribution in [0.15, 0.2) is 30.6 Å². The van der Waals surface area contributed by atoms with Crippen molar-refractivity contribution >= 4 is 11.8 Å². The third-order valence-corrected chi connectivity index (χ3v) is 4.26. The van der Waals surface area contributed by atoms with E-state index in [-0.39, 0.29) is 11.8 Å². The van der Waals surface area contributed by atoms with Crippen molar-refractivity contribution < 1.29 is 13.2 Å². The zero-order valence-corrected chi connectivity index (χ0v) is 14.7. The minimum atomic E-state index is -4.49. The van der Waals surface area contributed by atoms with Crippen LogP contribution in [0.5, 0.6) is 0 Å². The van der Waals surface area contributed by atoms with Crippen LogP contribution >= 0.6 is 0 Å². The Balaban J connectivity index is 1.71. The highest BCUT2D eigenvalue weighted by Gasteiger charge is 2.34. The van der Waals surface area contributed by atoms with Gasteiger partial charge in [0.25, 0.3) is 0 Å². The molecule has 6 nitrogen and oxygen atoms in total. The number of piperazine rings is 1. The molecule has 1 fully saturated rings. The van der Waals surface area contributed by atoms with Gasteiger partial charge in [-0.05, 0) is 17.7 Å². The highest BCUT2D eigenvalue weighted by atomic mass is 19.4. The summed E-state index contributed by atoms with van der Waals surface area (Å²) in [5.41, 5.74) is 0.254. The van der Waals surface area contributed by atoms with Crippen LogP contribution in [0.2, 0.25) is 0 Å². The van der Waals surface area contributed by atoms with E-state index in [4.69, 9.17) is 0 Å². The lowest BCUT2D eigenvalue weighted by Gasteiger charge is -2.35. The van der Waals surface area contributed by atoms with Gasteiger partial charge in [0.15, 0.2) is 5.69 Å². The molecule has 0 unspecified atom stereocenters. The number of aromatic nitrogens is 3. The molecule has 0 aliphatic carbocycles. The van der Waals surface area contributed by atoms with Crippen LogP contribution in [0.25, 0.3) is 0 Å². The largest absolute Gasteiger partial charge is 0.433 e. The van der Waals surface area contributed by atoms with E-state index in [1.807, 2.05) is 17.0 Å². The van der Waals surface area contributed by atoms with Crippen LogP contribution in [-0.4, -0.2) is 60.1 Å². The van der Waals surface area contributed by atoms with Crippen LogP contribution in [0.1, 0.15) is 11.3 Å². The van der Waals surface area contributed by atoms with Gasteiger partial charge in [0.2, 0.25) is 5.95 Å². The minimum absolute atomic E-state index is 0.132. The number of pyridine rings is 1. The van der Waals surface area contributed by atoms with Crippen molar-refractivity contribution in [1.82, 2.24) is 19.9 Å². The van der Waals surface area contributed by atoms with Gasteiger partial charge in [0.05, 0.1) is 0 Å². The Bertz CT molecular complexity index is 727. The van der Waals surface area contributed by atoms with Crippen LogP contribution in [0, 0.1) is 0 Å². The molecule has 9 heteroatoms. The Labute approximate surface area is 150 Å². The molecule has 0 atom stereocenters. The van der Waals surface area contributed by atoms with E-state index < -0.39 is 11.9 Å². The average molecular weight is 366 g/mol. The lowest BCUT2D eigenvalue weighted by atomic mass is 10.2. The van der Waals surface area contributed by atoms with Crippen molar-refractivity contribution in [2.24, 2.45) is 0 Å². The number of halogens is 3. The van der Waals surface area contributed by atoms with Gasteiger partial charge in [0, 0.05) is 65.3 Å². The van der Waals surface area contributed by atoms with Crippen LogP contribution in [0.3, 0.4) is 0 Å². The molecule has 3 heterocycles. The quantitative estimate of drug-likeness (QED) is 0.828. The van der Waals surface area contributed by atoms with Gasteiger partial charge in [-0.3, -0.25) is 9.88 Å². The Morgan fingerprint density at radius 2 is 1.69 bits per heavy atom. The molecule has 3 rings (SSSR count). The summed E-state index contributed by atoms with van der Waals surface area (Å²) in [4.78, 5) is 17.7. The van der Waals surface area contributed by atoms with Crippen molar-refractivity contribution in [3.05, 3.63) is 41.9 Å². The number of hydrogen-bond acceptors (Lipinski definition) is 6. The van der Waals surface area contributed by atoms with E-state index in [1.54, 1.807) is 31.4 Å². The molecule has 2 aromatic rings. The first kappa shape index (κ1) is 18.4. The van der Waals surface area contributed by atoms with Crippen LogP contribution < -0.4 is 9.80 Å². The summed E-state index contributed by atoms with van der Waals surface area (Å²) in [7, 11) is 3.33. The molecule has 26 heavy (non-hydrogen) atoms. The molecule has 1 aliphatic rings. The van der Waals surface area contributed by atoms with Crippen molar-refractivity contribution in [1.29, 1.82) is 0 Å². The molecule has 0 N–H and O–H groups in total. The Kier molecular flexibility index (Phi) is 5.26. The third-order valence-electron chi connectivity index (χ3n) is 4.26. The monoisotopic (exact) mass is 366 g/mol. The van der Waals surface area contributed by atoms with Crippen LogP contribution in [-0.2, 0) is 12.7 Å². The molecule has 0 radical (unpaired) electrons. The molecule has 1 aliphatic heterocycles. The highest BCUT2D eigenvalue weighted by molar-refractivity contribution is 5.46. The van der Waals surface area contributed by atoms with Gasteiger partial charge < -0.3 is 9.80 Å². The summed E-state index contributed by atoms with van der Waals surface area (Å²) in [6, 6.07) is 4.90. The van der Waals surface area contributed by atoms with E-state index in [0.717, 1.165) is 25.7 Å². The normalized spacial score (nSPS) is 16.0. The zero-order valence-electron chi connectivity index (χ0n) is 14.7. The average Bonchev–Trinajstić information content (AvgIpc) is 2.62. The lowest BCUT2D eigenvalue weighted by molar-refractivity contribution is -0.141. The van der Waals surface area contributed by atoms with E-state index in [2.05, 4.69) is 19.9 Å². The van der Waals surface area contributed by atoms with Crippen LogP contribution in [0.4, 0.5) is 24.9 Å². The molecule has 1 saturated heterocycles. The minimum Gasteiger partial charge on any atom is -0.363 e. The second-order valence-corrected chi connectivity index (χ2v) is 6.42. The van der Waals surface area contributed by atoms with Gasteiger partial charge in [-0.2, -0.15) is 18.2 Å². The predicted octanol–water partition coefficient (Wildman–Crippen LogP) is 2.28. The Morgan fingerprint density at radius 1 is 1.04 bits per heavy atom. The van der Waals surface area contributed by atoms with E-state index in [0.29, 0.717) is 13.1 Å². The first-order chi connectivity index (χ1) is 12.3. The molecular formula is C17H21F3N6. The molecule has 2 aromatic heterocycles. The second-order valence-electron chi connectivity index (χ2n) is 6.42. The first-order valence-electron chi connectivity index (χ1n) is 8.33. The fraction of sp³-hybridized carbons (Fsp3) is 0.471. The maximum atomic E-state index is 13.1. The predicted molar refractivity (Wildman–Crippen MR) is 93.1 cm³/mol. The van der Waals surface area contributed by atoms with E-state index in [1.165, 1.54) is 5.56 Å². The third kappa shape index (κ3) is 4.40. The van der Waals surface area contributed by atoms with E-state index in [9.17, 15) is 13.2 Å². The number of hydrogen-bond donors (Lipinski definition) is 0. The van der Waals surface area contributed by atoms with Gasteiger partial charge in [0.1, 0.15) is 5.82 Å². The number of rotatable bonds is 4. The Hall–Kier alpha value is -2.42. The maximum absolute atomic E-state index is 13.1. The zero-order chi connectivity index (χ0) is 18.7. The number of nitrogens with zero attached hydrogens (tertiary/aromatic N) is 6. The summed E-state index contributed by atoms with van der Waals surface area (Å²) in [6.07, 6.45) is -0.985. The molecule has 0 saturated carbocycles. The summed E-state index contributed by atoms with van der Waals surface area (Å²) < 4.78 is 39.4. The SMILES string of the molecule is CN(C)c1cc(C(F)(F)F)nc(N2CCN(Cc3ccncc3)CC2)n1. The summed E-state index contributed by atoms with van der Waals surface area (Å²) in [5.74, 6) is 0.383. The van der Waals surface area contributed by atoms with Crippen molar-refractivity contribution in [2.75, 3.05) is 50.1 Å². The topological polar surface area (TPSA) is 48.4 Å². The smallest absolute Gasteiger partial charge is 0.363 e. The second kappa shape index (κ2) is 7.45. The fourth-order valence-corrected chi connectivity index (χ4v) is 2.79. The van der Waals surface area contributed by atoms with Gasteiger partial charge >= 0.3 is 6.18 Å².